The Morgan fingerprint density at radius 2 is 0.850 bits per heavy atom. The highest BCUT2D eigenvalue weighted by Gasteiger charge is 2.43. The number of halogens is 10. The number of thiazole rings is 3. The summed E-state index contributed by atoms with van der Waals surface area (Å²) < 4.78 is 162. The molecule has 9 heterocycles. The molecule has 0 radical (unpaired) electrons. The molecule has 3 saturated carbocycles. The molecule has 2 amide bonds. The van der Waals surface area contributed by atoms with Crippen molar-refractivity contribution >= 4 is 87.4 Å². The van der Waals surface area contributed by atoms with Gasteiger partial charge in [0.15, 0.2) is 38.8 Å². The first-order valence-electron chi connectivity index (χ1n) is 32.8. The fraction of sp³-hybridized carbons (Fsp3) is 0.625. The molecule has 12 rings (SSSR count). The maximum atomic E-state index is 13.9. The number of hydrogen-bond acceptors (Lipinski definition) is 24. The predicted molar refractivity (Wildman–Crippen MR) is 356 cm³/mol. The van der Waals surface area contributed by atoms with Crippen molar-refractivity contribution < 1.29 is 82.0 Å². The molecule has 6 aliphatic rings. The summed E-state index contributed by atoms with van der Waals surface area (Å²) in [5.74, 6) is -5.05. The number of carbonyl (C=O) groups excluding carboxylic acids is 3. The lowest BCUT2D eigenvalue weighted by molar-refractivity contribution is -0.0392. The lowest BCUT2D eigenvalue weighted by atomic mass is 9.91. The van der Waals surface area contributed by atoms with Crippen molar-refractivity contribution in [1.82, 2.24) is 44.9 Å². The van der Waals surface area contributed by atoms with Gasteiger partial charge >= 0.3 is 12.2 Å². The second-order valence-electron chi connectivity index (χ2n) is 26.7. The number of amides is 2. The van der Waals surface area contributed by atoms with Gasteiger partial charge in [-0.1, -0.05) is 0 Å². The van der Waals surface area contributed by atoms with Gasteiger partial charge in [-0.2, -0.15) is 0 Å². The molecule has 6 aromatic rings. The maximum absolute atomic E-state index is 13.9. The van der Waals surface area contributed by atoms with Crippen molar-refractivity contribution in [3.05, 3.63) is 51.4 Å². The van der Waals surface area contributed by atoms with E-state index in [4.69, 9.17) is 23.7 Å². The van der Waals surface area contributed by atoms with Crippen molar-refractivity contribution in [2.75, 3.05) is 109 Å². The number of aromatic nitrogens is 9. The number of carbonyl (C=O) groups is 3. The summed E-state index contributed by atoms with van der Waals surface area (Å²) in [6.45, 7) is 17.0. The number of aldehydes is 1. The first-order chi connectivity index (χ1) is 47.4. The summed E-state index contributed by atoms with van der Waals surface area (Å²) in [5, 5.41) is 8.24. The lowest BCUT2D eigenvalue weighted by Gasteiger charge is -2.37. The quantitative estimate of drug-likeness (QED) is 0.0742. The standard InChI is InChI=1S/C23H29F4N5O3S.C23H29F2N5O4S.C18H21F4N5OS/c1-22(2,3)35-21(33)32(14-4-6-23(26,27)7-5-14)17-12-16(31-8-10-34-11-9-31)29-19(30-17)20-28-15(13-36-20)18(24)25;1-22(2,3)34-21(32)30(16-4-6-23(24,25)7-5-16)18-12-17(29-8-10-33-11-9-29)27-19(28-18)20-26-15(13-31)14-35-20;19-15(20)12-10-29-17(24-12)16-25-13(23-11-1-3-18(21,22)4-2-11)9-14(26-16)27-5-7-28-8-6-27/h12-14,18H,4-11H2,1-3H3;12-14,16H,4-11H2,1-3H3;9-11,15H,1-8H2,(H,23,25,26). The highest BCUT2D eigenvalue weighted by Crippen LogP contribution is 2.42. The zero-order valence-corrected chi connectivity index (χ0v) is 58.4. The fourth-order valence-corrected chi connectivity index (χ4v) is 13.8. The van der Waals surface area contributed by atoms with Gasteiger partial charge in [-0.25, -0.2) is 98.3 Å². The van der Waals surface area contributed by atoms with Crippen LogP contribution in [0.3, 0.4) is 0 Å². The summed E-state index contributed by atoms with van der Waals surface area (Å²) in [4.78, 5) is 86.0. The topological polar surface area (TPSA) is 242 Å². The van der Waals surface area contributed by atoms with E-state index < -0.39 is 71.8 Å². The van der Waals surface area contributed by atoms with Gasteiger partial charge in [-0.3, -0.25) is 14.6 Å². The van der Waals surface area contributed by atoms with E-state index in [-0.39, 0.29) is 116 Å². The van der Waals surface area contributed by atoms with E-state index in [9.17, 15) is 58.3 Å². The Balaban J connectivity index is 0.000000163. The minimum absolute atomic E-state index is 0.0608. The molecule has 0 spiro atoms. The van der Waals surface area contributed by atoms with E-state index >= 15 is 0 Å². The van der Waals surface area contributed by atoms with Crippen LogP contribution < -0.4 is 29.8 Å². The van der Waals surface area contributed by atoms with Gasteiger partial charge in [0.25, 0.3) is 12.9 Å². The molecule has 36 heteroatoms. The zero-order chi connectivity index (χ0) is 71.7. The Morgan fingerprint density at radius 1 is 0.510 bits per heavy atom. The summed E-state index contributed by atoms with van der Waals surface area (Å²) >= 11 is 3.23. The molecule has 0 unspecified atom stereocenters. The number of alkyl halides is 10. The zero-order valence-electron chi connectivity index (χ0n) is 55.9. The van der Waals surface area contributed by atoms with Crippen molar-refractivity contribution in [3.8, 4) is 32.5 Å². The smallest absolute Gasteiger partial charge is 0.416 e. The van der Waals surface area contributed by atoms with E-state index in [2.05, 4.69) is 50.2 Å². The minimum Gasteiger partial charge on any atom is -0.443 e. The molecule has 0 atom stereocenters. The van der Waals surface area contributed by atoms with Gasteiger partial charge in [-0.05, 0) is 80.1 Å². The monoisotopic (exact) mass is 1470 g/mol. The first kappa shape index (κ1) is 75.4. The van der Waals surface area contributed by atoms with E-state index in [1.54, 1.807) is 65.1 Å². The van der Waals surface area contributed by atoms with Crippen LogP contribution in [0.25, 0.3) is 32.5 Å². The molecule has 100 heavy (non-hydrogen) atoms. The summed E-state index contributed by atoms with van der Waals surface area (Å²) in [7, 11) is 0. The van der Waals surface area contributed by atoms with Crippen LogP contribution in [0.5, 0.6) is 0 Å². The molecule has 0 aromatic carbocycles. The lowest BCUT2D eigenvalue weighted by Crippen LogP contribution is -2.47. The van der Waals surface area contributed by atoms with Crippen LogP contribution in [0.15, 0.2) is 34.3 Å². The number of morpholine rings is 3. The third kappa shape index (κ3) is 20.7. The normalized spacial score (nSPS) is 19.3. The first-order valence-corrected chi connectivity index (χ1v) is 35.5. The second kappa shape index (κ2) is 32.4. The summed E-state index contributed by atoms with van der Waals surface area (Å²) in [6.07, 6.45) is -6.81. The van der Waals surface area contributed by atoms with Crippen molar-refractivity contribution in [1.29, 1.82) is 0 Å². The van der Waals surface area contributed by atoms with Crippen molar-refractivity contribution in [2.24, 2.45) is 0 Å². The average molecular weight is 1470 g/mol. The molecule has 6 aromatic heterocycles. The molecule has 0 bridgehead atoms. The molecule has 6 fully saturated rings. The van der Waals surface area contributed by atoms with Crippen LogP contribution in [-0.4, -0.2) is 189 Å². The Kier molecular flexibility index (Phi) is 24.4. The van der Waals surface area contributed by atoms with E-state index in [0.29, 0.717) is 131 Å². The number of rotatable bonds is 15. The highest BCUT2D eigenvalue weighted by atomic mass is 32.1. The van der Waals surface area contributed by atoms with Crippen LogP contribution in [-0.2, 0) is 23.7 Å². The number of nitrogens with one attached hydrogen (secondary N) is 1. The molecule has 3 saturated heterocycles. The Morgan fingerprint density at radius 3 is 1.19 bits per heavy atom. The molecule has 23 nitrogen and oxygen atoms in total. The molecule has 546 valence electrons. The van der Waals surface area contributed by atoms with Gasteiger partial charge in [0.2, 0.25) is 17.8 Å². The number of hydrogen-bond donors (Lipinski definition) is 1. The average Bonchev–Trinajstić information content (AvgIpc) is 1.13. The molecular formula is C64H79F10N15O8S3. The van der Waals surface area contributed by atoms with Crippen LogP contribution >= 0.6 is 34.0 Å². The predicted octanol–water partition coefficient (Wildman–Crippen LogP) is 14.6. The Hall–Kier alpha value is -7.28. The highest BCUT2D eigenvalue weighted by molar-refractivity contribution is 7.13. The van der Waals surface area contributed by atoms with E-state index in [1.165, 1.54) is 31.9 Å². The van der Waals surface area contributed by atoms with Crippen molar-refractivity contribution in [3.63, 3.8) is 0 Å². The summed E-state index contributed by atoms with van der Waals surface area (Å²) in [5.41, 5.74) is -2.07. The minimum atomic E-state index is -2.79. The fourth-order valence-electron chi connectivity index (χ4n) is 11.6. The van der Waals surface area contributed by atoms with Crippen molar-refractivity contribution in [2.45, 2.75) is 179 Å². The second-order valence-corrected chi connectivity index (χ2v) is 29.2. The van der Waals surface area contributed by atoms with E-state index in [1.807, 2.05) is 14.7 Å². The molecular weight excluding hydrogens is 1390 g/mol. The van der Waals surface area contributed by atoms with Gasteiger partial charge in [0.05, 0.1) is 39.6 Å². The van der Waals surface area contributed by atoms with Crippen LogP contribution in [0.1, 0.15) is 153 Å². The SMILES string of the molecule is CC(C)(C)OC(=O)N(c1cc(N2CCOCC2)nc(-c2nc(C(F)F)cs2)n1)C1CCC(F)(F)CC1.CC(C)(C)OC(=O)N(c1cc(N2CCOCC2)nc(-c2nc(C=O)cs2)n1)C1CCC(F)(F)CC1.FC(F)c1csc(-c2nc(NC3CCC(F)(F)CC3)cc(N3CCOCC3)n2)n1. The molecule has 1 N–H and O–H groups in total. The van der Waals surface area contributed by atoms with Crippen LogP contribution in [0, 0.1) is 0 Å². The van der Waals surface area contributed by atoms with Gasteiger partial charge in [0, 0.05) is 130 Å². The molecule has 3 aliphatic heterocycles. The molecule has 3 aliphatic carbocycles. The number of anilines is 6. The maximum Gasteiger partial charge on any atom is 0.416 e. The van der Waals surface area contributed by atoms with Crippen LogP contribution in [0.4, 0.5) is 88.4 Å². The Bertz CT molecular complexity index is 3700. The van der Waals surface area contributed by atoms with E-state index in [0.717, 1.165) is 22.7 Å². The number of nitrogens with zero attached hydrogens (tertiary/aromatic N) is 14. The largest absolute Gasteiger partial charge is 0.443 e. The third-order valence-corrected chi connectivity index (χ3v) is 19.2. The number of ether oxygens (including phenoxy) is 5. The van der Waals surface area contributed by atoms with Gasteiger partial charge < -0.3 is 43.7 Å². The Labute approximate surface area is 582 Å². The third-order valence-electron chi connectivity index (χ3n) is 16.7. The summed E-state index contributed by atoms with van der Waals surface area (Å²) in [6, 6.07) is 3.85. The van der Waals surface area contributed by atoms with Gasteiger partial charge in [-0.15, -0.1) is 34.0 Å². The van der Waals surface area contributed by atoms with Crippen LogP contribution in [0.2, 0.25) is 0 Å². The van der Waals surface area contributed by atoms with Gasteiger partial charge in [0.1, 0.15) is 63.2 Å².